The SMILES string of the molecule is Cc1oc(N)c(S(=O)(=O)/C(C#N)=C\c2ccccc2[N+](=O)[O-])c1C. The fourth-order valence-corrected chi connectivity index (χ4v) is 3.64. The van der Waals surface area contributed by atoms with Crippen molar-refractivity contribution in [2.45, 2.75) is 18.7 Å². The lowest BCUT2D eigenvalue weighted by Crippen LogP contribution is -2.07. The van der Waals surface area contributed by atoms with Gasteiger partial charge in [-0.2, -0.15) is 5.26 Å². The van der Waals surface area contributed by atoms with Gasteiger partial charge in [0.2, 0.25) is 15.7 Å². The standard InChI is InChI=1S/C15H13N3O5S/c1-9-10(2)23-15(17)14(9)24(21,22)12(8-16)7-11-5-3-4-6-13(11)18(19)20/h3-7H,17H2,1-2H3/b12-7-. The molecule has 0 radical (unpaired) electrons. The van der Waals surface area contributed by atoms with Crippen molar-refractivity contribution in [3.8, 4) is 6.07 Å². The minimum atomic E-state index is -4.27. The van der Waals surface area contributed by atoms with Gasteiger partial charge in [-0.1, -0.05) is 12.1 Å². The molecule has 2 rings (SSSR count). The predicted octanol–water partition coefficient (Wildman–Crippen LogP) is 2.73. The molecule has 2 N–H and O–H groups in total. The van der Waals surface area contributed by atoms with E-state index in [1.165, 1.54) is 31.2 Å². The van der Waals surface area contributed by atoms with Crippen LogP contribution in [0.3, 0.4) is 0 Å². The number of benzene rings is 1. The molecule has 0 fully saturated rings. The van der Waals surface area contributed by atoms with Gasteiger partial charge < -0.3 is 10.2 Å². The smallest absolute Gasteiger partial charge is 0.276 e. The van der Waals surface area contributed by atoms with Crippen LogP contribution >= 0.6 is 0 Å². The van der Waals surface area contributed by atoms with E-state index >= 15 is 0 Å². The summed E-state index contributed by atoms with van der Waals surface area (Å²) in [5, 5.41) is 20.3. The molecule has 24 heavy (non-hydrogen) atoms. The number of furan rings is 1. The number of nitrogens with zero attached hydrogens (tertiary/aromatic N) is 2. The molecule has 0 spiro atoms. The number of para-hydroxylation sites is 1. The molecule has 0 unspecified atom stereocenters. The summed E-state index contributed by atoms with van der Waals surface area (Å²) < 4.78 is 30.5. The molecule has 0 aliphatic heterocycles. The zero-order valence-electron chi connectivity index (χ0n) is 12.8. The van der Waals surface area contributed by atoms with Crippen LogP contribution < -0.4 is 5.73 Å². The average Bonchev–Trinajstić information content (AvgIpc) is 2.78. The Balaban J connectivity index is 2.69. The lowest BCUT2D eigenvalue weighted by atomic mass is 10.1. The monoisotopic (exact) mass is 347 g/mol. The highest BCUT2D eigenvalue weighted by Crippen LogP contribution is 2.33. The fourth-order valence-electron chi connectivity index (χ4n) is 2.16. The van der Waals surface area contributed by atoms with Crippen molar-refractivity contribution >= 4 is 27.5 Å². The number of hydrogen-bond acceptors (Lipinski definition) is 7. The van der Waals surface area contributed by atoms with Crippen LogP contribution in [0.25, 0.3) is 6.08 Å². The molecule has 0 saturated heterocycles. The summed E-state index contributed by atoms with van der Waals surface area (Å²) in [5.74, 6) is -0.0113. The van der Waals surface area contributed by atoms with E-state index in [-0.39, 0.29) is 27.6 Å². The Morgan fingerprint density at radius 3 is 2.50 bits per heavy atom. The quantitative estimate of drug-likeness (QED) is 0.509. The van der Waals surface area contributed by atoms with Crippen molar-refractivity contribution in [2.75, 3.05) is 5.73 Å². The third kappa shape index (κ3) is 2.87. The molecule has 2 aromatic rings. The minimum Gasteiger partial charge on any atom is -0.445 e. The van der Waals surface area contributed by atoms with E-state index in [1.54, 1.807) is 13.0 Å². The Bertz CT molecular complexity index is 997. The van der Waals surface area contributed by atoms with Crippen LogP contribution in [0, 0.1) is 35.3 Å². The van der Waals surface area contributed by atoms with E-state index in [4.69, 9.17) is 10.2 Å². The van der Waals surface area contributed by atoms with Gasteiger partial charge >= 0.3 is 0 Å². The van der Waals surface area contributed by atoms with E-state index in [0.29, 0.717) is 5.76 Å². The topological polar surface area (TPSA) is 140 Å². The highest BCUT2D eigenvalue weighted by atomic mass is 32.2. The number of rotatable bonds is 4. The summed E-state index contributed by atoms with van der Waals surface area (Å²) in [6.45, 7) is 3.05. The molecule has 8 nitrogen and oxygen atoms in total. The van der Waals surface area contributed by atoms with Crippen LogP contribution in [0.5, 0.6) is 0 Å². The first-order valence-electron chi connectivity index (χ1n) is 6.66. The number of nitrogen functional groups attached to an aromatic ring is 1. The third-order valence-electron chi connectivity index (χ3n) is 3.44. The molecule has 1 aromatic heterocycles. The number of nitro groups is 1. The second kappa shape index (κ2) is 6.17. The first-order chi connectivity index (χ1) is 11.2. The van der Waals surface area contributed by atoms with Crippen LogP contribution in [-0.4, -0.2) is 13.3 Å². The van der Waals surface area contributed by atoms with Gasteiger partial charge in [0, 0.05) is 11.6 Å². The highest BCUT2D eigenvalue weighted by molar-refractivity contribution is 7.96. The van der Waals surface area contributed by atoms with Gasteiger partial charge in [-0.15, -0.1) is 0 Å². The highest BCUT2D eigenvalue weighted by Gasteiger charge is 2.30. The van der Waals surface area contributed by atoms with Gasteiger partial charge in [0.05, 0.1) is 10.5 Å². The number of aryl methyl sites for hydroxylation is 1. The Morgan fingerprint density at radius 2 is 2.00 bits per heavy atom. The second-order valence-corrected chi connectivity index (χ2v) is 6.77. The first-order valence-corrected chi connectivity index (χ1v) is 8.14. The Morgan fingerprint density at radius 1 is 1.38 bits per heavy atom. The molecule has 124 valence electrons. The number of nitrogens with two attached hydrogens (primary N) is 1. The molecule has 0 aliphatic carbocycles. The molecular formula is C15H13N3O5S. The zero-order valence-corrected chi connectivity index (χ0v) is 13.6. The van der Waals surface area contributed by atoms with Gasteiger partial charge in [-0.25, -0.2) is 8.42 Å². The number of hydrogen-bond donors (Lipinski definition) is 1. The summed E-state index contributed by atoms with van der Waals surface area (Å²) in [6.07, 6.45) is 0.953. The van der Waals surface area contributed by atoms with Gasteiger partial charge in [0.25, 0.3) is 5.69 Å². The summed E-state index contributed by atoms with van der Waals surface area (Å²) in [7, 11) is -4.27. The Kier molecular flexibility index (Phi) is 4.43. The summed E-state index contributed by atoms with van der Waals surface area (Å²) in [4.78, 5) is 9.41. The van der Waals surface area contributed by atoms with Crippen LogP contribution in [0.2, 0.25) is 0 Å². The lowest BCUT2D eigenvalue weighted by molar-refractivity contribution is -0.385. The maximum absolute atomic E-state index is 12.7. The maximum atomic E-state index is 12.7. The van der Waals surface area contributed by atoms with Crippen molar-refractivity contribution in [3.63, 3.8) is 0 Å². The normalized spacial score (nSPS) is 12.0. The third-order valence-corrected chi connectivity index (χ3v) is 5.28. The van der Waals surface area contributed by atoms with E-state index < -0.39 is 19.7 Å². The van der Waals surface area contributed by atoms with Crippen molar-refractivity contribution in [1.29, 1.82) is 5.26 Å². The molecular weight excluding hydrogens is 334 g/mol. The molecule has 1 aromatic carbocycles. The largest absolute Gasteiger partial charge is 0.445 e. The summed E-state index contributed by atoms with van der Waals surface area (Å²) in [6, 6.07) is 7.08. The van der Waals surface area contributed by atoms with Crippen LogP contribution in [0.4, 0.5) is 11.6 Å². The van der Waals surface area contributed by atoms with Crippen LogP contribution in [0.15, 0.2) is 38.5 Å². The van der Waals surface area contributed by atoms with Gasteiger partial charge in [0.15, 0.2) is 0 Å². The van der Waals surface area contributed by atoms with Crippen LogP contribution in [-0.2, 0) is 9.84 Å². The lowest BCUT2D eigenvalue weighted by Gasteiger charge is -2.03. The van der Waals surface area contributed by atoms with Crippen molar-refractivity contribution in [2.24, 2.45) is 0 Å². The van der Waals surface area contributed by atoms with E-state index in [9.17, 15) is 23.8 Å². The number of sulfone groups is 1. The number of anilines is 1. The predicted molar refractivity (Wildman–Crippen MR) is 86.5 cm³/mol. The maximum Gasteiger partial charge on any atom is 0.276 e. The summed E-state index contributed by atoms with van der Waals surface area (Å²) >= 11 is 0. The van der Waals surface area contributed by atoms with E-state index in [0.717, 1.165) is 6.08 Å². The fraction of sp³-hybridized carbons (Fsp3) is 0.133. The molecule has 1 heterocycles. The molecule has 0 saturated carbocycles. The Hall–Kier alpha value is -3.12. The Labute approximate surface area is 137 Å². The van der Waals surface area contributed by atoms with Gasteiger partial charge in [0.1, 0.15) is 21.6 Å². The van der Waals surface area contributed by atoms with E-state index in [1.807, 2.05) is 0 Å². The number of nitro benzene ring substituents is 1. The first kappa shape index (κ1) is 17.2. The molecule has 0 amide bonds. The number of nitriles is 1. The van der Waals surface area contributed by atoms with Gasteiger partial charge in [-0.05, 0) is 26.0 Å². The van der Waals surface area contributed by atoms with Crippen molar-refractivity contribution in [1.82, 2.24) is 0 Å². The number of allylic oxidation sites excluding steroid dienone is 1. The second-order valence-electron chi connectivity index (χ2n) is 4.92. The van der Waals surface area contributed by atoms with Crippen molar-refractivity contribution in [3.05, 3.63) is 56.2 Å². The van der Waals surface area contributed by atoms with E-state index in [2.05, 4.69) is 0 Å². The average molecular weight is 347 g/mol. The van der Waals surface area contributed by atoms with Crippen LogP contribution in [0.1, 0.15) is 16.9 Å². The molecule has 0 aliphatic rings. The molecule has 0 bridgehead atoms. The van der Waals surface area contributed by atoms with Crippen molar-refractivity contribution < 1.29 is 17.8 Å². The molecule has 9 heteroatoms. The molecule has 0 atom stereocenters. The summed E-state index contributed by atoms with van der Waals surface area (Å²) in [5.41, 5.74) is 5.58. The zero-order chi connectivity index (χ0) is 18.1. The van der Waals surface area contributed by atoms with Gasteiger partial charge in [-0.3, -0.25) is 10.1 Å². The minimum absolute atomic E-state index is 0.000865.